The number of allylic oxidation sites excluding steroid dienone is 1. The molecular weight excluding hydrogens is 240 g/mol. The van der Waals surface area contributed by atoms with E-state index in [-0.39, 0.29) is 12.3 Å². The molecule has 5 heteroatoms. The van der Waals surface area contributed by atoms with E-state index in [1.807, 2.05) is 5.94 Å². The van der Waals surface area contributed by atoms with Gasteiger partial charge in [-0.25, -0.2) is 13.6 Å². The highest BCUT2D eigenvalue weighted by Gasteiger charge is 2.39. The number of hydrogen-bond donors (Lipinski definition) is 0. The van der Waals surface area contributed by atoms with Crippen molar-refractivity contribution in [2.75, 3.05) is 4.90 Å². The lowest BCUT2D eigenvalue weighted by molar-refractivity contribution is 0.111. The van der Waals surface area contributed by atoms with E-state index < -0.39 is 17.2 Å². The summed E-state index contributed by atoms with van der Waals surface area (Å²) in [5, 5.41) is 0. The normalized spacial score (nSPS) is 20.7. The molecule has 18 heavy (non-hydrogen) atoms. The van der Waals surface area contributed by atoms with Crippen LogP contribution in [0.3, 0.4) is 0 Å². The predicted molar refractivity (Wildman–Crippen MR) is 60.2 cm³/mol. The molecule has 2 aliphatic heterocycles. The molecular formula is C13H9F2NO2. The van der Waals surface area contributed by atoms with Crippen LogP contribution in [0.15, 0.2) is 11.8 Å². The highest BCUT2D eigenvalue weighted by Crippen LogP contribution is 2.43. The van der Waals surface area contributed by atoms with Crippen LogP contribution in [-0.2, 0) is 11.2 Å². The Kier molecular flexibility index (Phi) is 2.31. The third-order valence-electron chi connectivity index (χ3n) is 3.64. The number of aldehydes is 1. The van der Waals surface area contributed by atoms with E-state index >= 15 is 0 Å². The lowest BCUT2D eigenvalue weighted by Gasteiger charge is -2.18. The number of fused-ring (bicyclic) bond motifs is 3. The maximum absolute atomic E-state index is 14.0. The van der Waals surface area contributed by atoms with Gasteiger partial charge >= 0.3 is 0 Å². The molecule has 0 N–H and O–H groups in total. The van der Waals surface area contributed by atoms with Crippen molar-refractivity contribution < 1.29 is 18.4 Å². The molecule has 0 bridgehead atoms. The topological polar surface area (TPSA) is 37.4 Å². The second kappa shape index (κ2) is 3.75. The second-order valence-electron chi connectivity index (χ2n) is 4.52. The smallest absolute Gasteiger partial charge is 0.155 e. The third-order valence-corrected chi connectivity index (χ3v) is 3.64. The summed E-state index contributed by atoms with van der Waals surface area (Å²) in [7, 11) is 0. The van der Waals surface area contributed by atoms with Gasteiger partial charge in [0, 0.05) is 18.0 Å². The van der Waals surface area contributed by atoms with Crippen LogP contribution in [0.4, 0.5) is 14.5 Å². The SMILES string of the molecule is O=C=C1CCC2Cc3c(cc(F)c(C=O)c3F)N12. The van der Waals surface area contributed by atoms with Crippen LogP contribution in [-0.4, -0.2) is 18.3 Å². The van der Waals surface area contributed by atoms with Crippen LogP contribution in [0, 0.1) is 11.6 Å². The first kappa shape index (κ1) is 11.1. The number of anilines is 1. The Morgan fingerprint density at radius 2 is 2.22 bits per heavy atom. The number of carbonyl (C=O) groups is 1. The molecule has 2 heterocycles. The fourth-order valence-corrected chi connectivity index (χ4v) is 2.83. The molecule has 1 aromatic rings. The van der Waals surface area contributed by atoms with E-state index in [1.165, 1.54) is 0 Å². The Hall–Kier alpha value is -2.00. The molecule has 3 rings (SSSR count). The van der Waals surface area contributed by atoms with Crippen molar-refractivity contribution in [2.24, 2.45) is 0 Å². The van der Waals surface area contributed by atoms with E-state index in [0.29, 0.717) is 29.8 Å². The fraction of sp³-hybridized carbons (Fsp3) is 0.308. The molecule has 0 radical (unpaired) electrons. The summed E-state index contributed by atoms with van der Waals surface area (Å²) in [6, 6.07) is 1.11. The highest BCUT2D eigenvalue weighted by atomic mass is 19.1. The molecule has 1 fully saturated rings. The predicted octanol–water partition coefficient (Wildman–Crippen LogP) is 2.02. The molecule has 0 saturated carbocycles. The van der Waals surface area contributed by atoms with Gasteiger partial charge in [0.05, 0.1) is 11.3 Å². The third kappa shape index (κ3) is 1.28. The van der Waals surface area contributed by atoms with Gasteiger partial charge in [0.25, 0.3) is 0 Å². The number of carbonyl (C=O) groups excluding carboxylic acids is 2. The van der Waals surface area contributed by atoms with Crippen LogP contribution in [0.5, 0.6) is 0 Å². The van der Waals surface area contributed by atoms with E-state index in [9.17, 15) is 18.4 Å². The standard InChI is InChI=1S/C13H9F2NO2/c14-11-4-12-9(13(15)10(11)6-18)3-7-1-2-8(5-17)16(7)12/h4,6-7H,1-3H2. The first-order valence-electron chi connectivity index (χ1n) is 5.66. The van der Waals surface area contributed by atoms with Crippen molar-refractivity contribution in [3.05, 3.63) is 34.5 Å². The van der Waals surface area contributed by atoms with Gasteiger partial charge in [-0.15, -0.1) is 0 Å². The largest absolute Gasteiger partial charge is 0.332 e. The van der Waals surface area contributed by atoms with Crippen molar-refractivity contribution in [1.82, 2.24) is 0 Å². The van der Waals surface area contributed by atoms with Gasteiger partial charge in [0.2, 0.25) is 0 Å². The van der Waals surface area contributed by atoms with Gasteiger partial charge in [-0.1, -0.05) is 0 Å². The van der Waals surface area contributed by atoms with Gasteiger partial charge in [-0.2, -0.15) is 0 Å². The molecule has 92 valence electrons. The Balaban J connectivity index is 2.22. The molecule has 1 aromatic carbocycles. The van der Waals surface area contributed by atoms with Gasteiger partial charge in [0.15, 0.2) is 6.29 Å². The Morgan fingerprint density at radius 3 is 2.89 bits per heavy atom. The zero-order chi connectivity index (χ0) is 12.9. The number of nitrogens with zero attached hydrogens (tertiary/aromatic N) is 1. The molecule has 1 unspecified atom stereocenters. The molecule has 0 amide bonds. The average Bonchev–Trinajstić information content (AvgIpc) is 2.89. The van der Waals surface area contributed by atoms with Gasteiger partial charge < -0.3 is 4.90 Å². The molecule has 1 saturated heterocycles. The summed E-state index contributed by atoms with van der Waals surface area (Å²) >= 11 is 0. The first-order valence-corrected chi connectivity index (χ1v) is 5.66. The van der Waals surface area contributed by atoms with Crippen molar-refractivity contribution >= 4 is 17.9 Å². The van der Waals surface area contributed by atoms with Gasteiger partial charge in [-0.05, 0) is 18.9 Å². The van der Waals surface area contributed by atoms with Crippen LogP contribution in [0.1, 0.15) is 28.8 Å². The van der Waals surface area contributed by atoms with E-state index in [0.717, 1.165) is 12.5 Å². The zero-order valence-electron chi connectivity index (χ0n) is 9.37. The monoisotopic (exact) mass is 249 g/mol. The molecule has 3 nitrogen and oxygen atoms in total. The summed E-state index contributed by atoms with van der Waals surface area (Å²) in [5.74, 6) is 0.126. The highest BCUT2D eigenvalue weighted by molar-refractivity contribution is 5.81. The van der Waals surface area contributed by atoms with Crippen molar-refractivity contribution in [2.45, 2.75) is 25.3 Å². The van der Waals surface area contributed by atoms with Gasteiger partial charge in [0.1, 0.15) is 23.3 Å². The fourth-order valence-electron chi connectivity index (χ4n) is 2.83. The minimum Gasteiger partial charge on any atom is -0.332 e. The van der Waals surface area contributed by atoms with Crippen molar-refractivity contribution in [3.63, 3.8) is 0 Å². The summed E-state index contributed by atoms with van der Waals surface area (Å²) in [5.41, 5.74) is 0.565. The minimum atomic E-state index is -0.890. The molecule has 1 atom stereocenters. The summed E-state index contributed by atoms with van der Waals surface area (Å²) < 4.78 is 27.6. The zero-order valence-corrected chi connectivity index (χ0v) is 9.37. The van der Waals surface area contributed by atoms with Crippen molar-refractivity contribution in [3.8, 4) is 0 Å². The molecule has 0 aromatic heterocycles. The van der Waals surface area contributed by atoms with E-state index in [2.05, 4.69) is 0 Å². The Labute approximate surface area is 102 Å². The maximum Gasteiger partial charge on any atom is 0.155 e. The summed E-state index contributed by atoms with van der Waals surface area (Å²) in [6.45, 7) is 0. The summed E-state index contributed by atoms with van der Waals surface area (Å²) in [6.07, 6.45) is 1.88. The Bertz CT molecular complexity index is 605. The number of hydrogen-bond acceptors (Lipinski definition) is 3. The van der Waals surface area contributed by atoms with Crippen LogP contribution >= 0.6 is 0 Å². The van der Waals surface area contributed by atoms with Crippen LogP contribution < -0.4 is 4.90 Å². The van der Waals surface area contributed by atoms with E-state index in [4.69, 9.17) is 0 Å². The molecule has 0 spiro atoms. The van der Waals surface area contributed by atoms with Crippen molar-refractivity contribution in [1.29, 1.82) is 0 Å². The number of benzene rings is 1. The number of rotatable bonds is 1. The maximum atomic E-state index is 14.0. The van der Waals surface area contributed by atoms with Crippen LogP contribution in [0.25, 0.3) is 0 Å². The minimum absolute atomic E-state index is 0.0211. The van der Waals surface area contributed by atoms with Gasteiger partial charge in [-0.3, -0.25) is 4.79 Å². The van der Waals surface area contributed by atoms with Crippen LogP contribution in [0.2, 0.25) is 0 Å². The molecule has 2 aliphatic rings. The average molecular weight is 249 g/mol. The number of halogens is 2. The summed E-state index contributed by atoms with van der Waals surface area (Å²) in [4.78, 5) is 23.1. The lowest BCUT2D eigenvalue weighted by atomic mass is 10.0. The lowest BCUT2D eigenvalue weighted by Crippen LogP contribution is -2.23. The first-order chi connectivity index (χ1) is 8.67. The Morgan fingerprint density at radius 1 is 1.44 bits per heavy atom. The second-order valence-corrected chi connectivity index (χ2v) is 4.52. The molecule has 0 aliphatic carbocycles. The quantitative estimate of drug-likeness (QED) is 0.564. The van der Waals surface area contributed by atoms with E-state index in [1.54, 1.807) is 4.90 Å².